The highest BCUT2D eigenvalue weighted by Crippen LogP contribution is 2.45. The van der Waals surface area contributed by atoms with Gasteiger partial charge in [-0.25, -0.2) is 4.79 Å². The monoisotopic (exact) mass is 276 g/mol. The SMILES string of the molecule is CNC(=O)Nc1nnc(C(F)(F)C(F)(F)F)s1. The maximum Gasteiger partial charge on any atom is 0.460 e. The number of nitrogens with zero attached hydrogens (tertiary/aromatic N) is 2. The van der Waals surface area contributed by atoms with E-state index in [0.717, 1.165) is 0 Å². The normalized spacial score (nSPS) is 12.4. The van der Waals surface area contributed by atoms with E-state index in [0.29, 0.717) is 0 Å². The molecule has 0 spiro atoms. The molecule has 0 aromatic carbocycles. The van der Waals surface area contributed by atoms with Gasteiger partial charge in [-0.1, -0.05) is 11.3 Å². The molecule has 0 atom stereocenters. The molecule has 1 aromatic heterocycles. The van der Waals surface area contributed by atoms with Crippen LogP contribution in [-0.2, 0) is 5.92 Å². The van der Waals surface area contributed by atoms with E-state index in [1.54, 1.807) is 0 Å². The Balaban J connectivity index is 2.92. The van der Waals surface area contributed by atoms with Crippen molar-refractivity contribution in [3.05, 3.63) is 5.01 Å². The van der Waals surface area contributed by atoms with Crippen molar-refractivity contribution in [1.29, 1.82) is 0 Å². The van der Waals surface area contributed by atoms with Gasteiger partial charge in [-0.3, -0.25) is 5.32 Å². The Morgan fingerprint density at radius 1 is 1.24 bits per heavy atom. The first-order valence-electron chi connectivity index (χ1n) is 3.95. The molecule has 0 aliphatic rings. The summed E-state index contributed by atoms with van der Waals surface area (Å²) in [6.07, 6.45) is -5.75. The second-order valence-corrected chi connectivity index (χ2v) is 3.67. The van der Waals surface area contributed by atoms with E-state index in [1.807, 2.05) is 5.32 Å². The first kappa shape index (κ1) is 13.5. The van der Waals surface area contributed by atoms with Gasteiger partial charge in [-0.05, 0) is 0 Å². The van der Waals surface area contributed by atoms with Gasteiger partial charge in [0, 0.05) is 7.05 Å². The molecule has 0 unspecified atom stereocenters. The van der Waals surface area contributed by atoms with Crippen LogP contribution < -0.4 is 10.6 Å². The van der Waals surface area contributed by atoms with E-state index in [9.17, 15) is 26.7 Å². The molecular weight excluding hydrogens is 271 g/mol. The summed E-state index contributed by atoms with van der Waals surface area (Å²) < 4.78 is 61.3. The van der Waals surface area contributed by atoms with E-state index < -0.39 is 28.3 Å². The van der Waals surface area contributed by atoms with E-state index >= 15 is 0 Å². The lowest BCUT2D eigenvalue weighted by atomic mass is 10.3. The number of urea groups is 1. The quantitative estimate of drug-likeness (QED) is 0.811. The van der Waals surface area contributed by atoms with E-state index in [4.69, 9.17) is 0 Å². The number of anilines is 1. The van der Waals surface area contributed by atoms with Crippen LogP contribution in [0.15, 0.2) is 0 Å². The van der Waals surface area contributed by atoms with Crippen LogP contribution in [0.1, 0.15) is 5.01 Å². The lowest BCUT2D eigenvalue weighted by Crippen LogP contribution is -2.33. The Kier molecular flexibility index (Phi) is 3.50. The summed E-state index contributed by atoms with van der Waals surface area (Å²) in [5.74, 6) is -5.09. The van der Waals surface area contributed by atoms with Crippen molar-refractivity contribution >= 4 is 22.5 Å². The fourth-order valence-corrected chi connectivity index (χ4v) is 1.42. The number of hydrogen-bond donors (Lipinski definition) is 2. The Morgan fingerprint density at radius 3 is 2.29 bits per heavy atom. The number of rotatable bonds is 2. The summed E-state index contributed by atoms with van der Waals surface area (Å²) in [6, 6.07) is -0.803. The molecule has 0 saturated heterocycles. The summed E-state index contributed by atoms with van der Waals surface area (Å²) in [6.45, 7) is 0. The smallest absolute Gasteiger partial charge is 0.341 e. The van der Waals surface area contributed by atoms with Crippen LogP contribution in [0.3, 0.4) is 0 Å². The Morgan fingerprint density at radius 2 is 1.82 bits per heavy atom. The molecule has 1 heterocycles. The summed E-state index contributed by atoms with van der Waals surface area (Å²) in [7, 11) is 1.24. The number of halogens is 5. The molecule has 96 valence electrons. The minimum atomic E-state index is -5.75. The second kappa shape index (κ2) is 4.39. The molecule has 0 aliphatic heterocycles. The Hall–Kier alpha value is -1.52. The van der Waals surface area contributed by atoms with E-state index in [2.05, 4.69) is 15.5 Å². The first-order chi connectivity index (χ1) is 7.68. The molecular formula is C6H5F5N4OS. The lowest BCUT2D eigenvalue weighted by Gasteiger charge is -2.15. The van der Waals surface area contributed by atoms with E-state index in [-0.39, 0.29) is 11.3 Å². The number of amides is 2. The number of nitrogens with one attached hydrogen (secondary N) is 2. The topological polar surface area (TPSA) is 66.9 Å². The van der Waals surface area contributed by atoms with Crippen molar-refractivity contribution in [3.63, 3.8) is 0 Å². The molecule has 11 heteroatoms. The highest BCUT2D eigenvalue weighted by Gasteiger charge is 2.61. The van der Waals surface area contributed by atoms with Crippen LogP contribution in [0.4, 0.5) is 31.9 Å². The molecule has 0 bridgehead atoms. The minimum Gasteiger partial charge on any atom is -0.341 e. The van der Waals surface area contributed by atoms with Gasteiger partial charge in [-0.2, -0.15) is 22.0 Å². The van der Waals surface area contributed by atoms with Gasteiger partial charge < -0.3 is 5.32 Å². The van der Waals surface area contributed by atoms with Crippen LogP contribution in [0.2, 0.25) is 0 Å². The zero-order valence-corrected chi connectivity index (χ0v) is 8.92. The maximum absolute atomic E-state index is 12.8. The predicted molar refractivity (Wildman–Crippen MR) is 47.9 cm³/mol. The van der Waals surface area contributed by atoms with Gasteiger partial charge in [0.1, 0.15) is 0 Å². The number of hydrogen-bond acceptors (Lipinski definition) is 4. The number of alkyl halides is 5. The number of aromatic nitrogens is 2. The van der Waals surface area contributed by atoms with Crippen LogP contribution >= 0.6 is 11.3 Å². The maximum atomic E-state index is 12.8. The summed E-state index contributed by atoms with van der Waals surface area (Å²) in [4.78, 5) is 10.7. The van der Waals surface area contributed by atoms with Crippen LogP contribution in [0, 0.1) is 0 Å². The molecule has 2 N–H and O–H groups in total. The summed E-state index contributed by atoms with van der Waals surface area (Å²) in [5.41, 5.74) is 0. The largest absolute Gasteiger partial charge is 0.460 e. The molecule has 0 radical (unpaired) electrons. The third kappa shape index (κ3) is 2.78. The summed E-state index contributed by atoms with van der Waals surface area (Å²) >= 11 is -0.0538. The molecule has 5 nitrogen and oxygen atoms in total. The first-order valence-corrected chi connectivity index (χ1v) is 4.77. The highest BCUT2D eigenvalue weighted by atomic mass is 32.1. The van der Waals surface area contributed by atoms with Crippen molar-refractivity contribution in [3.8, 4) is 0 Å². The van der Waals surface area contributed by atoms with Gasteiger partial charge >= 0.3 is 18.1 Å². The van der Waals surface area contributed by atoms with Crippen molar-refractivity contribution in [2.24, 2.45) is 0 Å². The molecule has 2 amide bonds. The molecule has 0 saturated carbocycles. The van der Waals surface area contributed by atoms with Crippen LogP contribution in [-0.4, -0.2) is 29.5 Å². The lowest BCUT2D eigenvalue weighted by molar-refractivity contribution is -0.289. The van der Waals surface area contributed by atoms with Crippen molar-refractivity contribution in [1.82, 2.24) is 15.5 Å². The average Bonchev–Trinajstić information content (AvgIpc) is 2.64. The van der Waals surface area contributed by atoms with Crippen molar-refractivity contribution in [2.75, 3.05) is 12.4 Å². The van der Waals surface area contributed by atoms with Crippen LogP contribution in [0.25, 0.3) is 0 Å². The van der Waals surface area contributed by atoms with Crippen molar-refractivity contribution in [2.45, 2.75) is 12.1 Å². The van der Waals surface area contributed by atoms with Gasteiger partial charge in [0.25, 0.3) is 0 Å². The molecule has 1 aromatic rings. The fraction of sp³-hybridized carbons (Fsp3) is 0.500. The number of carbonyl (C=O) groups is 1. The minimum absolute atomic E-state index is 0.0538. The van der Waals surface area contributed by atoms with Gasteiger partial charge in [-0.15, -0.1) is 10.2 Å². The Labute approximate surface area is 95.0 Å². The fourth-order valence-electron chi connectivity index (χ4n) is 0.681. The van der Waals surface area contributed by atoms with Crippen LogP contribution in [0.5, 0.6) is 0 Å². The van der Waals surface area contributed by atoms with E-state index in [1.165, 1.54) is 7.05 Å². The Bertz CT molecular complexity index is 417. The zero-order valence-electron chi connectivity index (χ0n) is 8.10. The number of carbonyl (C=O) groups excluding carboxylic acids is 1. The molecule has 0 fully saturated rings. The predicted octanol–water partition coefficient (Wildman–Crippen LogP) is 1.94. The average molecular weight is 276 g/mol. The molecule has 1 rings (SSSR count). The zero-order chi connectivity index (χ0) is 13.3. The molecule has 0 aliphatic carbocycles. The van der Waals surface area contributed by atoms with Gasteiger partial charge in [0.2, 0.25) is 5.13 Å². The van der Waals surface area contributed by atoms with Gasteiger partial charge in [0.05, 0.1) is 0 Å². The third-order valence-electron chi connectivity index (χ3n) is 1.50. The third-order valence-corrected chi connectivity index (χ3v) is 2.41. The van der Waals surface area contributed by atoms with Gasteiger partial charge in [0.15, 0.2) is 5.01 Å². The molecule has 17 heavy (non-hydrogen) atoms. The standard InChI is InChI=1S/C6H5F5N4OS/c1-12-3(16)13-4-15-14-2(17-4)5(7,8)6(9,10)11/h1H3,(H2,12,13,15,16). The summed E-state index contributed by atoms with van der Waals surface area (Å²) in [5, 5.41) is 7.71. The highest BCUT2D eigenvalue weighted by molar-refractivity contribution is 7.15. The second-order valence-electron chi connectivity index (χ2n) is 2.69. The van der Waals surface area contributed by atoms with Crippen molar-refractivity contribution < 1.29 is 26.7 Å².